The van der Waals surface area contributed by atoms with Crippen molar-refractivity contribution >= 4 is 22.8 Å². The van der Waals surface area contributed by atoms with Crippen molar-refractivity contribution in [1.82, 2.24) is 14.7 Å². The maximum atomic E-state index is 12.9. The molecule has 8 nitrogen and oxygen atoms in total. The molecule has 2 aromatic rings. The van der Waals surface area contributed by atoms with Crippen LogP contribution in [0, 0.1) is 12.8 Å². The largest absolute Gasteiger partial charge is 0.444 e. The molecule has 186 valence electrons. The molecule has 0 saturated carbocycles. The number of likely N-dealkylation sites (tertiary alicyclic amines) is 1. The van der Waals surface area contributed by atoms with E-state index in [0.717, 1.165) is 41.4 Å². The van der Waals surface area contributed by atoms with Gasteiger partial charge in [-0.2, -0.15) is 5.10 Å². The van der Waals surface area contributed by atoms with Gasteiger partial charge in [0.25, 0.3) is 0 Å². The van der Waals surface area contributed by atoms with E-state index in [0.29, 0.717) is 51.7 Å². The molecule has 2 aliphatic rings. The molecule has 0 spiro atoms. The van der Waals surface area contributed by atoms with Gasteiger partial charge in [0.15, 0.2) is 5.78 Å². The number of fused-ring (bicyclic) bond motifs is 1. The zero-order chi connectivity index (χ0) is 24.3. The Kier molecular flexibility index (Phi) is 7.57. The van der Waals surface area contributed by atoms with E-state index < -0.39 is 5.60 Å². The Morgan fingerprint density at radius 3 is 2.62 bits per heavy atom. The number of hydrogen-bond donors (Lipinski definition) is 0. The van der Waals surface area contributed by atoms with Crippen molar-refractivity contribution in [2.45, 2.75) is 71.6 Å². The van der Waals surface area contributed by atoms with Crippen LogP contribution >= 0.6 is 0 Å². The number of ether oxygens (including phenoxy) is 3. The number of hydrogen-bond acceptors (Lipinski definition) is 6. The lowest BCUT2D eigenvalue weighted by Crippen LogP contribution is -2.42. The molecule has 0 aliphatic carbocycles. The number of carbonyl (C=O) groups excluding carboxylic acids is 2. The topological polar surface area (TPSA) is 82.9 Å². The summed E-state index contributed by atoms with van der Waals surface area (Å²) in [6, 6.07) is 3.84. The van der Waals surface area contributed by atoms with Crippen molar-refractivity contribution in [3.8, 4) is 0 Å². The fourth-order valence-electron chi connectivity index (χ4n) is 4.70. The number of Topliss-reactive ketones (excluding diaryl/α,β-unsaturated/α-hetero) is 1. The van der Waals surface area contributed by atoms with Crippen LogP contribution in [0.25, 0.3) is 10.9 Å². The zero-order valence-corrected chi connectivity index (χ0v) is 20.8. The molecule has 2 fully saturated rings. The summed E-state index contributed by atoms with van der Waals surface area (Å²) in [5, 5.41) is 5.78. The molecule has 34 heavy (non-hydrogen) atoms. The molecule has 2 aliphatic heterocycles. The third-order valence-corrected chi connectivity index (χ3v) is 6.60. The van der Waals surface area contributed by atoms with Gasteiger partial charge in [-0.3, -0.25) is 9.48 Å². The molecule has 0 N–H and O–H groups in total. The highest BCUT2D eigenvalue weighted by molar-refractivity contribution is 6.01. The molecular formula is C26H37N3O5. The van der Waals surface area contributed by atoms with Crippen molar-refractivity contribution in [2.24, 2.45) is 5.92 Å². The molecule has 1 amide bonds. The summed E-state index contributed by atoms with van der Waals surface area (Å²) in [6.45, 7) is 11.7. The van der Waals surface area contributed by atoms with E-state index in [-0.39, 0.29) is 18.0 Å². The van der Waals surface area contributed by atoms with E-state index >= 15 is 0 Å². The van der Waals surface area contributed by atoms with Crippen LogP contribution in [0.15, 0.2) is 18.3 Å². The van der Waals surface area contributed by atoms with Gasteiger partial charge in [0, 0.05) is 43.2 Å². The van der Waals surface area contributed by atoms with Gasteiger partial charge in [0.1, 0.15) is 5.60 Å². The molecule has 0 bridgehead atoms. The van der Waals surface area contributed by atoms with E-state index in [9.17, 15) is 9.59 Å². The van der Waals surface area contributed by atoms with Gasteiger partial charge in [0.05, 0.1) is 31.4 Å². The fraction of sp³-hybridized carbons (Fsp3) is 0.654. The molecule has 1 aromatic carbocycles. The van der Waals surface area contributed by atoms with E-state index in [1.807, 2.05) is 44.5 Å². The molecule has 8 heteroatoms. The summed E-state index contributed by atoms with van der Waals surface area (Å²) >= 11 is 0. The van der Waals surface area contributed by atoms with Gasteiger partial charge >= 0.3 is 6.09 Å². The summed E-state index contributed by atoms with van der Waals surface area (Å²) in [7, 11) is 0. The number of aromatic nitrogens is 2. The number of nitrogens with zero attached hydrogens (tertiary/aromatic N) is 3. The Balaban J connectivity index is 1.34. The summed E-state index contributed by atoms with van der Waals surface area (Å²) in [6.07, 6.45) is 4.80. The predicted molar refractivity (Wildman–Crippen MR) is 129 cm³/mol. The standard InChI is InChI=1S/C26H37N3O5/c1-18-21(24(30)8-5-20-17-32-13-14-33-20)6-7-23-22(18)16-29(27-23)15-19-9-11-28(12-10-19)25(31)34-26(2,3)4/h6-7,16,19-20H,5,8-15,17H2,1-4H3. The minimum absolute atomic E-state index is 0.00576. The van der Waals surface area contributed by atoms with Gasteiger partial charge in [-0.1, -0.05) is 0 Å². The van der Waals surface area contributed by atoms with Crippen molar-refractivity contribution in [3.63, 3.8) is 0 Å². The average Bonchev–Trinajstić information content (AvgIpc) is 3.21. The SMILES string of the molecule is Cc1c(C(=O)CCC2COCCO2)ccc2nn(CC3CCN(C(=O)OC(C)(C)C)CC3)cc12. The Bertz CT molecular complexity index is 1010. The van der Waals surface area contributed by atoms with Crippen LogP contribution in [0.1, 0.15) is 62.4 Å². The number of rotatable bonds is 6. The smallest absolute Gasteiger partial charge is 0.410 e. The first kappa shape index (κ1) is 24.7. The Labute approximate surface area is 201 Å². The molecule has 1 atom stereocenters. The highest BCUT2D eigenvalue weighted by Gasteiger charge is 2.27. The Hall–Kier alpha value is -2.45. The number of amides is 1. The minimum Gasteiger partial charge on any atom is -0.444 e. The van der Waals surface area contributed by atoms with Crippen molar-refractivity contribution in [3.05, 3.63) is 29.5 Å². The zero-order valence-electron chi connectivity index (χ0n) is 20.8. The summed E-state index contributed by atoms with van der Waals surface area (Å²) in [5.74, 6) is 0.586. The second-order valence-corrected chi connectivity index (χ2v) is 10.5. The minimum atomic E-state index is -0.473. The molecule has 2 saturated heterocycles. The second-order valence-electron chi connectivity index (χ2n) is 10.5. The molecule has 4 rings (SSSR count). The van der Waals surface area contributed by atoms with E-state index in [1.54, 1.807) is 4.90 Å². The fourth-order valence-corrected chi connectivity index (χ4v) is 4.70. The highest BCUT2D eigenvalue weighted by atomic mass is 16.6. The number of ketones is 1. The summed E-state index contributed by atoms with van der Waals surface area (Å²) in [5.41, 5.74) is 2.17. The first-order chi connectivity index (χ1) is 16.2. The van der Waals surface area contributed by atoms with Crippen LogP contribution in [-0.2, 0) is 20.8 Å². The maximum absolute atomic E-state index is 12.9. The third-order valence-electron chi connectivity index (χ3n) is 6.60. The van der Waals surface area contributed by atoms with Crippen molar-refractivity contribution in [1.29, 1.82) is 0 Å². The first-order valence-corrected chi connectivity index (χ1v) is 12.4. The van der Waals surface area contributed by atoms with Crippen LogP contribution in [0.3, 0.4) is 0 Å². The van der Waals surface area contributed by atoms with Crippen LogP contribution in [-0.4, -0.2) is 71.2 Å². The van der Waals surface area contributed by atoms with Gasteiger partial charge in [-0.25, -0.2) is 4.79 Å². The lowest BCUT2D eigenvalue weighted by molar-refractivity contribution is -0.0902. The molecule has 0 radical (unpaired) electrons. The number of piperidine rings is 1. The van der Waals surface area contributed by atoms with E-state index in [2.05, 4.69) is 6.20 Å². The van der Waals surface area contributed by atoms with Crippen molar-refractivity contribution < 1.29 is 23.8 Å². The van der Waals surface area contributed by atoms with E-state index in [4.69, 9.17) is 19.3 Å². The second kappa shape index (κ2) is 10.4. The summed E-state index contributed by atoms with van der Waals surface area (Å²) in [4.78, 5) is 27.0. The monoisotopic (exact) mass is 471 g/mol. The first-order valence-electron chi connectivity index (χ1n) is 12.4. The summed E-state index contributed by atoms with van der Waals surface area (Å²) < 4.78 is 18.6. The normalized spacial score (nSPS) is 20.0. The van der Waals surface area contributed by atoms with Gasteiger partial charge in [-0.15, -0.1) is 0 Å². The Morgan fingerprint density at radius 2 is 1.94 bits per heavy atom. The number of aryl methyl sites for hydroxylation is 1. The third kappa shape index (κ3) is 6.16. The number of carbonyl (C=O) groups is 2. The van der Waals surface area contributed by atoms with Gasteiger partial charge < -0.3 is 19.1 Å². The average molecular weight is 472 g/mol. The highest BCUT2D eigenvalue weighted by Crippen LogP contribution is 2.25. The Morgan fingerprint density at radius 1 is 1.18 bits per heavy atom. The van der Waals surface area contributed by atoms with Crippen LogP contribution in [0.4, 0.5) is 4.79 Å². The lowest BCUT2D eigenvalue weighted by Gasteiger charge is -2.33. The quantitative estimate of drug-likeness (QED) is 0.582. The van der Waals surface area contributed by atoms with Crippen molar-refractivity contribution in [2.75, 3.05) is 32.9 Å². The van der Waals surface area contributed by atoms with Crippen LogP contribution in [0.2, 0.25) is 0 Å². The molecule has 1 unspecified atom stereocenters. The molecule has 1 aromatic heterocycles. The number of benzene rings is 1. The van der Waals surface area contributed by atoms with Gasteiger partial charge in [-0.05, 0) is 70.6 Å². The van der Waals surface area contributed by atoms with Crippen LogP contribution in [0.5, 0.6) is 0 Å². The predicted octanol–water partition coefficient (Wildman–Crippen LogP) is 4.37. The molecule has 3 heterocycles. The van der Waals surface area contributed by atoms with E-state index in [1.165, 1.54) is 0 Å². The van der Waals surface area contributed by atoms with Gasteiger partial charge in [0.2, 0.25) is 0 Å². The maximum Gasteiger partial charge on any atom is 0.410 e. The lowest BCUT2D eigenvalue weighted by atomic mass is 9.97. The van der Waals surface area contributed by atoms with Crippen LogP contribution < -0.4 is 0 Å². The molecular weight excluding hydrogens is 434 g/mol.